The highest BCUT2D eigenvalue weighted by atomic mass is 35.5. The summed E-state index contributed by atoms with van der Waals surface area (Å²) in [7, 11) is 0. The van der Waals surface area contributed by atoms with Crippen LogP contribution in [-0.4, -0.2) is 48.0 Å². The lowest BCUT2D eigenvalue weighted by Gasteiger charge is -2.36. The summed E-state index contributed by atoms with van der Waals surface area (Å²) in [6.45, 7) is 2.57. The quantitative estimate of drug-likeness (QED) is 0.216. The van der Waals surface area contributed by atoms with Gasteiger partial charge in [0.2, 0.25) is 5.91 Å². The van der Waals surface area contributed by atoms with Crippen LogP contribution in [0.25, 0.3) is 17.4 Å². The standard InChI is InChI=1S/C31H27ClN4O3S/c32-26-21-24(11-14-27(26)35-17-19-36(20-18-35)30(38)23-9-5-2-6-10-23)33-31(40)34-29(37)16-13-25-12-15-28(39-25)22-7-3-1-4-8-22/h1-16,21H,17-20H2,(H2,33,34,37,40)/b16-13+. The number of carbonyl (C=O) groups is 2. The molecule has 2 heterocycles. The molecule has 0 saturated carbocycles. The molecule has 5 rings (SSSR count). The van der Waals surface area contributed by atoms with Crippen LogP contribution in [0.2, 0.25) is 5.02 Å². The number of carbonyl (C=O) groups excluding carboxylic acids is 2. The number of benzene rings is 3. The molecule has 1 saturated heterocycles. The summed E-state index contributed by atoms with van der Waals surface area (Å²) in [5, 5.41) is 6.32. The second-order valence-corrected chi connectivity index (χ2v) is 9.97. The van der Waals surface area contributed by atoms with E-state index in [1.165, 1.54) is 6.08 Å². The van der Waals surface area contributed by atoms with Gasteiger partial charge in [0, 0.05) is 49.1 Å². The molecule has 4 aromatic rings. The molecule has 0 bridgehead atoms. The van der Waals surface area contributed by atoms with Crippen LogP contribution >= 0.6 is 23.8 Å². The van der Waals surface area contributed by atoms with E-state index in [1.54, 1.807) is 18.2 Å². The Hall–Kier alpha value is -4.40. The number of hydrogen-bond acceptors (Lipinski definition) is 5. The number of thiocarbonyl (C=S) groups is 1. The maximum Gasteiger partial charge on any atom is 0.253 e. The maximum atomic E-state index is 12.7. The average molecular weight is 571 g/mol. The summed E-state index contributed by atoms with van der Waals surface area (Å²) in [5.41, 5.74) is 3.19. The Labute approximate surface area is 243 Å². The van der Waals surface area contributed by atoms with E-state index in [0.717, 1.165) is 17.0 Å². The molecule has 2 amide bonds. The molecule has 7 nitrogen and oxygen atoms in total. The van der Waals surface area contributed by atoms with Gasteiger partial charge in [0.05, 0.1) is 10.7 Å². The maximum absolute atomic E-state index is 12.7. The summed E-state index contributed by atoms with van der Waals surface area (Å²) in [4.78, 5) is 29.1. The topological polar surface area (TPSA) is 77.8 Å². The Balaban J connectivity index is 1.11. The zero-order valence-corrected chi connectivity index (χ0v) is 23.1. The number of anilines is 2. The van der Waals surface area contributed by atoms with Crippen molar-refractivity contribution in [2.45, 2.75) is 0 Å². The first-order chi connectivity index (χ1) is 19.5. The number of rotatable bonds is 6. The Morgan fingerprint density at radius 1 is 0.875 bits per heavy atom. The number of hydrogen-bond donors (Lipinski definition) is 2. The van der Waals surface area contributed by atoms with Crippen LogP contribution < -0.4 is 15.5 Å². The molecule has 0 aliphatic carbocycles. The van der Waals surface area contributed by atoms with Crippen molar-refractivity contribution in [1.82, 2.24) is 10.2 Å². The van der Waals surface area contributed by atoms with E-state index in [4.69, 9.17) is 28.2 Å². The molecule has 9 heteroatoms. The molecule has 2 N–H and O–H groups in total. The molecular weight excluding hydrogens is 544 g/mol. The van der Waals surface area contributed by atoms with Gasteiger partial charge in [-0.25, -0.2) is 0 Å². The fourth-order valence-corrected chi connectivity index (χ4v) is 4.95. The lowest BCUT2D eigenvalue weighted by molar-refractivity contribution is -0.115. The first kappa shape index (κ1) is 27.2. The Morgan fingerprint density at radius 2 is 1.57 bits per heavy atom. The SMILES string of the molecule is O=C(/C=C/c1ccc(-c2ccccc2)o1)NC(=S)Nc1ccc(N2CCN(C(=O)c3ccccc3)CC2)c(Cl)c1. The molecule has 202 valence electrons. The molecule has 1 aliphatic heterocycles. The van der Waals surface area contributed by atoms with Crippen molar-refractivity contribution < 1.29 is 14.0 Å². The van der Waals surface area contributed by atoms with Gasteiger partial charge < -0.3 is 19.5 Å². The van der Waals surface area contributed by atoms with E-state index >= 15 is 0 Å². The van der Waals surface area contributed by atoms with Crippen molar-refractivity contribution in [3.8, 4) is 11.3 Å². The molecule has 0 atom stereocenters. The first-order valence-electron chi connectivity index (χ1n) is 12.8. The Morgan fingerprint density at radius 3 is 2.27 bits per heavy atom. The molecule has 0 unspecified atom stereocenters. The Kier molecular flexibility index (Phi) is 8.59. The number of nitrogens with zero attached hydrogens (tertiary/aromatic N) is 2. The summed E-state index contributed by atoms with van der Waals surface area (Å²) in [6, 6.07) is 28.2. The summed E-state index contributed by atoms with van der Waals surface area (Å²) in [5.74, 6) is 0.930. The number of furan rings is 1. The second kappa shape index (κ2) is 12.6. The van der Waals surface area contributed by atoms with Crippen molar-refractivity contribution in [3.63, 3.8) is 0 Å². The van der Waals surface area contributed by atoms with Crippen molar-refractivity contribution in [2.24, 2.45) is 0 Å². The molecule has 1 aliphatic rings. The van der Waals surface area contributed by atoms with Gasteiger partial charge in [0.15, 0.2) is 5.11 Å². The van der Waals surface area contributed by atoms with Gasteiger partial charge in [-0.1, -0.05) is 60.1 Å². The molecule has 1 aromatic heterocycles. The normalized spacial score (nSPS) is 13.3. The van der Waals surface area contributed by atoms with Gasteiger partial charge in [0.25, 0.3) is 5.91 Å². The minimum absolute atomic E-state index is 0.0393. The smallest absolute Gasteiger partial charge is 0.253 e. The van der Waals surface area contributed by atoms with Gasteiger partial charge in [-0.15, -0.1) is 0 Å². The Bertz CT molecular complexity index is 1530. The third-order valence-electron chi connectivity index (χ3n) is 6.45. The predicted molar refractivity (Wildman–Crippen MR) is 164 cm³/mol. The number of halogens is 1. The summed E-state index contributed by atoms with van der Waals surface area (Å²) < 4.78 is 5.78. The van der Waals surface area contributed by atoms with Crippen LogP contribution in [0.4, 0.5) is 11.4 Å². The monoisotopic (exact) mass is 570 g/mol. The van der Waals surface area contributed by atoms with Gasteiger partial charge in [-0.3, -0.25) is 14.9 Å². The molecular formula is C31H27ClN4O3S. The van der Waals surface area contributed by atoms with Crippen molar-refractivity contribution in [1.29, 1.82) is 0 Å². The van der Waals surface area contributed by atoms with E-state index in [-0.39, 0.29) is 16.9 Å². The fourth-order valence-electron chi connectivity index (χ4n) is 4.43. The van der Waals surface area contributed by atoms with Crippen LogP contribution in [0.3, 0.4) is 0 Å². The number of piperazine rings is 1. The second-order valence-electron chi connectivity index (χ2n) is 9.16. The largest absolute Gasteiger partial charge is 0.457 e. The van der Waals surface area contributed by atoms with E-state index in [9.17, 15) is 9.59 Å². The molecule has 1 fully saturated rings. The van der Waals surface area contributed by atoms with Gasteiger partial charge in [-0.2, -0.15) is 0 Å². The highest BCUT2D eigenvalue weighted by Gasteiger charge is 2.23. The van der Waals surface area contributed by atoms with Crippen LogP contribution in [0.5, 0.6) is 0 Å². The van der Waals surface area contributed by atoms with E-state index < -0.39 is 0 Å². The molecule has 3 aromatic carbocycles. The average Bonchev–Trinajstić information content (AvgIpc) is 3.46. The van der Waals surface area contributed by atoms with E-state index in [1.807, 2.05) is 83.8 Å². The van der Waals surface area contributed by atoms with Gasteiger partial charge in [0.1, 0.15) is 11.5 Å². The van der Waals surface area contributed by atoms with Crippen LogP contribution in [0.15, 0.2) is 101 Å². The fraction of sp³-hybridized carbons (Fsp3) is 0.129. The highest BCUT2D eigenvalue weighted by Crippen LogP contribution is 2.30. The van der Waals surface area contributed by atoms with Gasteiger partial charge >= 0.3 is 0 Å². The van der Waals surface area contributed by atoms with Crippen molar-refractivity contribution in [3.05, 3.63) is 113 Å². The number of amides is 2. The predicted octanol–water partition coefficient (Wildman–Crippen LogP) is 6.09. The zero-order chi connectivity index (χ0) is 27.9. The summed E-state index contributed by atoms with van der Waals surface area (Å²) in [6.07, 6.45) is 2.95. The molecule has 0 radical (unpaired) electrons. The van der Waals surface area contributed by atoms with E-state index in [0.29, 0.717) is 48.2 Å². The number of nitrogens with one attached hydrogen (secondary N) is 2. The van der Waals surface area contributed by atoms with Crippen LogP contribution in [-0.2, 0) is 4.79 Å². The first-order valence-corrected chi connectivity index (χ1v) is 13.6. The van der Waals surface area contributed by atoms with Crippen LogP contribution in [0, 0.1) is 0 Å². The highest BCUT2D eigenvalue weighted by molar-refractivity contribution is 7.80. The minimum Gasteiger partial charge on any atom is -0.457 e. The third-order valence-corrected chi connectivity index (χ3v) is 6.96. The van der Waals surface area contributed by atoms with Crippen LogP contribution in [0.1, 0.15) is 16.1 Å². The van der Waals surface area contributed by atoms with Crippen molar-refractivity contribution >= 4 is 58.2 Å². The molecule has 0 spiro atoms. The van der Waals surface area contributed by atoms with E-state index in [2.05, 4.69) is 15.5 Å². The third kappa shape index (κ3) is 6.77. The minimum atomic E-state index is -0.388. The summed E-state index contributed by atoms with van der Waals surface area (Å²) >= 11 is 11.9. The lowest BCUT2D eigenvalue weighted by Crippen LogP contribution is -2.48. The van der Waals surface area contributed by atoms with Gasteiger partial charge in [-0.05, 0) is 60.8 Å². The zero-order valence-electron chi connectivity index (χ0n) is 21.5. The lowest BCUT2D eigenvalue weighted by atomic mass is 10.1. The van der Waals surface area contributed by atoms with Crippen molar-refractivity contribution in [2.75, 3.05) is 36.4 Å². The molecule has 40 heavy (non-hydrogen) atoms.